The number of nitrogens with two attached hydrogens (primary N) is 1. The second kappa shape index (κ2) is 8.29. The number of sulfone groups is 1. The van der Waals surface area contributed by atoms with Crippen LogP contribution in [0.4, 0.5) is 23.2 Å². The summed E-state index contributed by atoms with van der Waals surface area (Å²) in [4.78, 5) is 17.6. The third-order valence-corrected chi connectivity index (χ3v) is 8.46. The van der Waals surface area contributed by atoms with E-state index in [1.54, 1.807) is 24.3 Å². The van der Waals surface area contributed by atoms with Crippen molar-refractivity contribution in [1.82, 2.24) is 4.98 Å². The second-order valence-corrected chi connectivity index (χ2v) is 11.3. The standard InChI is InChI=1S/C23H18ClF4N3O4S/c24-13-3-1-12(2-4-13)10-31-17-7-14(15(25)8-18(17)36(33,34)11-16(29)21(31)32)20-30-9-19(35-20)22(5-6-22)23(26,27)28/h1-4,7-9,16H,5-6,10-11,29H2/t16-/m0/s1. The monoisotopic (exact) mass is 543 g/mol. The summed E-state index contributed by atoms with van der Waals surface area (Å²) in [7, 11) is -4.19. The zero-order valence-corrected chi connectivity index (χ0v) is 19.9. The van der Waals surface area contributed by atoms with Gasteiger partial charge in [0, 0.05) is 5.02 Å². The van der Waals surface area contributed by atoms with E-state index < -0.39 is 67.1 Å². The Hall–Kier alpha value is -2.96. The first kappa shape index (κ1) is 24.7. The molecule has 2 heterocycles. The van der Waals surface area contributed by atoms with Gasteiger partial charge in [-0.3, -0.25) is 4.79 Å². The summed E-state index contributed by atoms with van der Waals surface area (Å²) < 4.78 is 86.9. The lowest BCUT2D eigenvalue weighted by Gasteiger charge is -2.24. The number of aromatic nitrogens is 1. The van der Waals surface area contributed by atoms with Gasteiger partial charge in [0.25, 0.3) is 0 Å². The minimum atomic E-state index is -4.57. The van der Waals surface area contributed by atoms with Gasteiger partial charge < -0.3 is 15.1 Å². The summed E-state index contributed by atoms with van der Waals surface area (Å²) in [5.74, 6) is -3.48. The van der Waals surface area contributed by atoms with Crippen LogP contribution in [0.25, 0.3) is 11.5 Å². The van der Waals surface area contributed by atoms with Crippen molar-refractivity contribution in [2.75, 3.05) is 10.7 Å². The van der Waals surface area contributed by atoms with E-state index in [2.05, 4.69) is 4.98 Å². The molecule has 0 spiro atoms. The summed E-state index contributed by atoms with van der Waals surface area (Å²) in [6.07, 6.45) is -4.04. The van der Waals surface area contributed by atoms with Gasteiger partial charge in [-0.1, -0.05) is 23.7 Å². The number of amides is 1. The van der Waals surface area contributed by atoms with Crippen molar-refractivity contribution in [2.24, 2.45) is 5.73 Å². The molecule has 0 bridgehead atoms. The number of hydrogen-bond donors (Lipinski definition) is 1. The highest BCUT2D eigenvalue weighted by Crippen LogP contribution is 2.59. The van der Waals surface area contributed by atoms with Crippen LogP contribution in [0.2, 0.25) is 5.02 Å². The number of nitrogens with zero attached hydrogens (tertiary/aromatic N) is 2. The molecule has 190 valence electrons. The van der Waals surface area contributed by atoms with Crippen molar-refractivity contribution in [2.45, 2.75) is 41.9 Å². The Kier molecular flexibility index (Phi) is 5.69. The number of anilines is 1. The zero-order chi connectivity index (χ0) is 26.0. The Labute approximate surface area is 207 Å². The van der Waals surface area contributed by atoms with Gasteiger partial charge in [-0.15, -0.1) is 0 Å². The second-order valence-electron chi connectivity index (χ2n) is 8.85. The van der Waals surface area contributed by atoms with E-state index >= 15 is 4.39 Å². The summed E-state index contributed by atoms with van der Waals surface area (Å²) >= 11 is 5.91. The number of carbonyl (C=O) groups excluding carboxylic acids is 1. The van der Waals surface area contributed by atoms with E-state index in [0.29, 0.717) is 16.7 Å². The van der Waals surface area contributed by atoms with Crippen molar-refractivity contribution in [3.8, 4) is 11.5 Å². The SMILES string of the molecule is N[C@H]1CS(=O)(=O)c2cc(F)c(-c3ncc(C4(C(F)(F)F)CC4)o3)cc2N(Cc2ccc(Cl)cc2)C1=O. The number of hydrogen-bond acceptors (Lipinski definition) is 6. The van der Waals surface area contributed by atoms with Gasteiger partial charge in [-0.25, -0.2) is 17.8 Å². The van der Waals surface area contributed by atoms with Crippen molar-refractivity contribution < 1.29 is 35.2 Å². The molecule has 36 heavy (non-hydrogen) atoms. The number of alkyl halides is 3. The Morgan fingerprint density at radius 3 is 2.47 bits per heavy atom. The molecule has 2 aliphatic rings. The zero-order valence-electron chi connectivity index (χ0n) is 18.4. The Morgan fingerprint density at radius 2 is 1.86 bits per heavy atom. The minimum absolute atomic E-state index is 0.120. The van der Waals surface area contributed by atoms with Gasteiger partial charge in [0.1, 0.15) is 17.0 Å². The van der Waals surface area contributed by atoms with Crippen LogP contribution in [-0.4, -0.2) is 37.3 Å². The molecule has 0 unspecified atom stereocenters. The van der Waals surface area contributed by atoms with Crippen LogP contribution in [0.5, 0.6) is 0 Å². The van der Waals surface area contributed by atoms with Crippen LogP contribution in [0.1, 0.15) is 24.2 Å². The maximum atomic E-state index is 15.2. The number of carbonyl (C=O) groups is 1. The molecule has 2 N–H and O–H groups in total. The fraction of sp³-hybridized carbons (Fsp3) is 0.304. The first-order valence-electron chi connectivity index (χ1n) is 10.7. The maximum absolute atomic E-state index is 15.2. The van der Waals surface area contributed by atoms with E-state index in [-0.39, 0.29) is 25.1 Å². The molecule has 0 radical (unpaired) electrons. The highest BCUT2D eigenvalue weighted by atomic mass is 35.5. The van der Waals surface area contributed by atoms with E-state index in [4.69, 9.17) is 21.8 Å². The molecule has 1 aliphatic heterocycles. The number of fused-ring (bicyclic) bond motifs is 1. The fourth-order valence-corrected chi connectivity index (χ4v) is 5.93. The van der Waals surface area contributed by atoms with Gasteiger partial charge in [0.2, 0.25) is 11.8 Å². The number of rotatable bonds is 4. The van der Waals surface area contributed by atoms with Crippen molar-refractivity contribution in [3.63, 3.8) is 0 Å². The molecule has 13 heteroatoms. The molecule has 7 nitrogen and oxygen atoms in total. The maximum Gasteiger partial charge on any atom is 0.401 e. The lowest BCUT2D eigenvalue weighted by Crippen LogP contribution is -2.45. The summed E-state index contributed by atoms with van der Waals surface area (Å²) in [6, 6.07) is 6.73. The Morgan fingerprint density at radius 1 is 1.19 bits per heavy atom. The topological polar surface area (TPSA) is 106 Å². The molecule has 1 fully saturated rings. The fourth-order valence-electron chi connectivity index (χ4n) is 4.23. The van der Waals surface area contributed by atoms with Gasteiger partial charge in [0.05, 0.1) is 40.7 Å². The van der Waals surface area contributed by atoms with E-state index in [1.807, 2.05) is 0 Å². The van der Waals surface area contributed by atoms with Gasteiger partial charge >= 0.3 is 6.18 Å². The summed E-state index contributed by atoms with van der Waals surface area (Å²) in [5.41, 5.74) is 3.70. The first-order chi connectivity index (χ1) is 16.8. The summed E-state index contributed by atoms with van der Waals surface area (Å²) in [5, 5.41) is 0.442. The van der Waals surface area contributed by atoms with Crippen LogP contribution < -0.4 is 10.6 Å². The predicted octanol–water partition coefficient (Wildman–Crippen LogP) is 4.38. The molecular weight excluding hydrogens is 526 g/mol. The van der Waals surface area contributed by atoms with Crippen LogP contribution in [-0.2, 0) is 26.6 Å². The average Bonchev–Trinajstić information content (AvgIpc) is 3.50. The number of benzene rings is 2. The summed E-state index contributed by atoms with van der Waals surface area (Å²) in [6.45, 7) is -0.120. The largest absolute Gasteiger partial charge is 0.440 e. The van der Waals surface area contributed by atoms with E-state index in [0.717, 1.165) is 17.2 Å². The van der Waals surface area contributed by atoms with Crippen molar-refractivity contribution in [3.05, 3.63) is 64.8 Å². The lowest BCUT2D eigenvalue weighted by molar-refractivity contribution is -0.164. The van der Waals surface area contributed by atoms with E-state index in [1.165, 1.54) is 0 Å². The Balaban J connectivity index is 1.63. The molecular formula is C23H18ClF4N3O4S. The predicted molar refractivity (Wildman–Crippen MR) is 122 cm³/mol. The van der Waals surface area contributed by atoms with Crippen molar-refractivity contribution >= 4 is 33.0 Å². The third-order valence-electron chi connectivity index (χ3n) is 6.41. The van der Waals surface area contributed by atoms with Crippen LogP contribution in [0.15, 0.2) is 51.9 Å². The third kappa shape index (κ3) is 4.06. The normalized spacial score (nSPS) is 20.7. The quantitative estimate of drug-likeness (QED) is 0.490. The minimum Gasteiger partial charge on any atom is -0.440 e. The van der Waals surface area contributed by atoms with Crippen molar-refractivity contribution in [1.29, 1.82) is 0 Å². The van der Waals surface area contributed by atoms with E-state index in [9.17, 15) is 26.4 Å². The molecule has 3 aromatic rings. The number of oxazole rings is 1. The molecule has 1 saturated carbocycles. The molecule has 0 saturated heterocycles. The highest BCUT2D eigenvalue weighted by molar-refractivity contribution is 7.91. The van der Waals surface area contributed by atoms with Crippen LogP contribution in [0, 0.1) is 5.82 Å². The van der Waals surface area contributed by atoms with Crippen LogP contribution in [0.3, 0.4) is 0 Å². The highest BCUT2D eigenvalue weighted by Gasteiger charge is 2.66. The molecule has 1 atom stereocenters. The lowest BCUT2D eigenvalue weighted by atomic mass is 10.0. The molecule has 1 aromatic heterocycles. The molecule has 1 aliphatic carbocycles. The van der Waals surface area contributed by atoms with Gasteiger partial charge in [-0.05, 0) is 42.7 Å². The average molecular weight is 544 g/mol. The molecule has 1 amide bonds. The van der Waals surface area contributed by atoms with Gasteiger partial charge in [-0.2, -0.15) is 13.2 Å². The Bertz CT molecular complexity index is 1470. The molecule has 2 aromatic carbocycles. The van der Waals surface area contributed by atoms with Crippen LogP contribution >= 0.6 is 11.6 Å². The smallest absolute Gasteiger partial charge is 0.401 e. The number of halogens is 5. The first-order valence-corrected chi connectivity index (χ1v) is 12.8. The molecule has 5 rings (SSSR count). The van der Waals surface area contributed by atoms with Gasteiger partial charge in [0.15, 0.2) is 9.84 Å².